The van der Waals surface area contributed by atoms with Gasteiger partial charge in [0, 0.05) is 23.7 Å². The zero-order chi connectivity index (χ0) is 15.3. The van der Waals surface area contributed by atoms with Crippen LogP contribution in [0.2, 0.25) is 0 Å². The molecule has 0 saturated heterocycles. The highest BCUT2D eigenvalue weighted by atomic mass is 32.2. The van der Waals surface area contributed by atoms with E-state index in [0.717, 1.165) is 6.26 Å². The summed E-state index contributed by atoms with van der Waals surface area (Å²) in [4.78, 5) is 0.710. The molecule has 1 rings (SSSR count). The topological polar surface area (TPSA) is 83.5 Å². The van der Waals surface area contributed by atoms with Gasteiger partial charge in [-0.25, -0.2) is 8.42 Å². The summed E-state index contributed by atoms with van der Waals surface area (Å²) in [6.07, 6.45) is 0.424. The molecule has 7 heteroatoms. The molecule has 2 N–H and O–H groups in total. The lowest BCUT2D eigenvalue weighted by molar-refractivity contribution is 0.191. The predicted octanol–water partition coefficient (Wildman–Crippen LogP) is 0.557. The highest BCUT2D eigenvalue weighted by Crippen LogP contribution is 2.13. The quantitative estimate of drug-likeness (QED) is 0.767. The maximum Gasteiger partial charge on any atom is 0.175 e. The van der Waals surface area contributed by atoms with Crippen LogP contribution in [-0.4, -0.2) is 48.4 Å². The Kier molecular flexibility index (Phi) is 6.32. The molecule has 0 aromatic heterocycles. The molecule has 0 fully saturated rings. The Morgan fingerprint density at radius 1 is 1.25 bits per heavy atom. The molecule has 0 radical (unpaired) electrons. The van der Waals surface area contributed by atoms with Gasteiger partial charge in [0.25, 0.3) is 0 Å². The van der Waals surface area contributed by atoms with Gasteiger partial charge in [0.15, 0.2) is 9.84 Å². The van der Waals surface area contributed by atoms with Crippen LogP contribution < -0.4 is 5.32 Å². The van der Waals surface area contributed by atoms with Crippen LogP contribution in [0.3, 0.4) is 0 Å². The monoisotopic (exact) mass is 319 g/mol. The predicted molar refractivity (Wildman–Crippen MR) is 80.0 cm³/mol. The smallest absolute Gasteiger partial charge is 0.175 e. The summed E-state index contributed by atoms with van der Waals surface area (Å²) in [5.74, 6) is 0.123. The summed E-state index contributed by atoms with van der Waals surface area (Å²) >= 11 is 0. The lowest BCUT2D eigenvalue weighted by atomic mass is 10.3. The van der Waals surface area contributed by atoms with Crippen molar-refractivity contribution >= 4 is 20.6 Å². The Hall–Kier alpha value is -0.760. The molecule has 20 heavy (non-hydrogen) atoms. The second kappa shape index (κ2) is 7.31. The molecular weight excluding hydrogens is 298 g/mol. The largest absolute Gasteiger partial charge is 0.391 e. The van der Waals surface area contributed by atoms with Crippen LogP contribution in [0.5, 0.6) is 0 Å². The van der Waals surface area contributed by atoms with E-state index in [1.807, 2.05) is 13.8 Å². The number of rotatable bonds is 7. The van der Waals surface area contributed by atoms with E-state index >= 15 is 0 Å². The van der Waals surface area contributed by atoms with Gasteiger partial charge in [0.1, 0.15) is 0 Å². The van der Waals surface area contributed by atoms with Gasteiger partial charge in [0.2, 0.25) is 0 Å². The zero-order valence-corrected chi connectivity index (χ0v) is 13.5. The highest BCUT2D eigenvalue weighted by molar-refractivity contribution is 7.90. The average Bonchev–Trinajstić information content (AvgIpc) is 2.35. The van der Waals surface area contributed by atoms with Gasteiger partial charge in [-0.2, -0.15) is 0 Å². The van der Waals surface area contributed by atoms with Gasteiger partial charge in [0.05, 0.1) is 27.6 Å². The number of aliphatic hydroxyl groups is 1. The van der Waals surface area contributed by atoms with Gasteiger partial charge < -0.3 is 10.4 Å². The van der Waals surface area contributed by atoms with Crippen molar-refractivity contribution in [2.75, 3.05) is 18.6 Å². The molecule has 114 valence electrons. The third kappa shape index (κ3) is 5.70. The second-order valence-electron chi connectivity index (χ2n) is 4.97. The van der Waals surface area contributed by atoms with E-state index in [1.165, 1.54) is 24.3 Å². The van der Waals surface area contributed by atoms with Crippen LogP contribution in [-0.2, 0) is 20.6 Å². The Labute approximate surface area is 122 Å². The third-order valence-electron chi connectivity index (χ3n) is 2.62. The maximum atomic E-state index is 12.0. The molecular formula is C13H21NO4S2. The molecule has 2 atom stereocenters. The van der Waals surface area contributed by atoms with Crippen molar-refractivity contribution < 1.29 is 17.7 Å². The van der Waals surface area contributed by atoms with Gasteiger partial charge in [-0.15, -0.1) is 0 Å². The number of hydrogen-bond donors (Lipinski definition) is 2. The minimum absolute atomic E-state index is 0.123. The molecule has 2 unspecified atom stereocenters. The first-order valence-corrected chi connectivity index (χ1v) is 9.51. The fraction of sp³-hybridized carbons (Fsp3) is 0.538. The minimum atomic E-state index is -3.24. The normalized spacial score (nSPS) is 15.2. The SMILES string of the molecule is CC(C)NCC(O)CS(=O)c1ccc(S(C)(=O)=O)cc1. The molecule has 0 bridgehead atoms. The van der Waals surface area contributed by atoms with Crippen LogP contribution in [0.15, 0.2) is 34.1 Å². The van der Waals surface area contributed by atoms with Crippen molar-refractivity contribution in [3.8, 4) is 0 Å². The van der Waals surface area contributed by atoms with Gasteiger partial charge in [-0.05, 0) is 24.3 Å². The Balaban J connectivity index is 2.64. The molecule has 0 amide bonds. The van der Waals surface area contributed by atoms with E-state index in [4.69, 9.17) is 0 Å². The van der Waals surface area contributed by atoms with Gasteiger partial charge in [-0.3, -0.25) is 4.21 Å². The lowest BCUT2D eigenvalue weighted by Gasteiger charge is -2.13. The maximum absolute atomic E-state index is 12.0. The van der Waals surface area contributed by atoms with Gasteiger partial charge in [-0.1, -0.05) is 13.8 Å². The summed E-state index contributed by atoms with van der Waals surface area (Å²) in [7, 11) is -4.59. The van der Waals surface area contributed by atoms with E-state index in [1.54, 1.807) is 0 Å². The van der Waals surface area contributed by atoms with E-state index in [-0.39, 0.29) is 16.7 Å². The fourth-order valence-corrected chi connectivity index (χ4v) is 3.27. The molecule has 0 saturated carbocycles. The zero-order valence-electron chi connectivity index (χ0n) is 11.9. The van der Waals surface area contributed by atoms with Crippen LogP contribution >= 0.6 is 0 Å². The lowest BCUT2D eigenvalue weighted by Crippen LogP contribution is -2.34. The summed E-state index contributed by atoms with van der Waals surface area (Å²) in [6, 6.07) is 6.17. The second-order valence-corrected chi connectivity index (χ2v) is 8.48. The molecule has 5 nitrogen and oxygen atoms in total. The fourth-order valence-electron chi connectivity index (χ4n) is 1.54. The van der Waals surface area contributed by atoms with Crippen molar-refractivity contribution in [2.24, 2.45) is 0 Å². The van der Waals surface area contributed by atoms with Gasteiger partial charge >= 0.3 is 0 Å². The van der Waals surface area contributed by atoms with E-state index < -0.39 is 26.7 Å². The third-order valence-corrected chi connectivity index (χ3v) is 5.23. The number of aliphatic hydroxyl groups excluding tert-OH is 1. The number of sulfone groups is 1. The Bertz CT molecular complexity index is 552. The first-order valence-electron chi connectivity index (χ1n) is 6.30. The standard InChI is InChI=1S/C13H21NO4S2/c1-10(2)14-8-11(15)9-19(16)12-4-6-13(7-5-12)20(3,17)18/h4-7,10-11,14-15H,8-9H2,1-3H3. The van der Waals surface area contributed by atoms with Crippen molar-refractivity contribution in [3.05, 3.63) is 24.3 Å². The van der Waals surface area contributed by atoms with E-state index in [0.29, 0.717) is 11.4 Å². The van der Waals surface area contributed by atoms with E-state index in [9.17, 15) is 17.7 Å². The molecule has 1 aromatic carbocycles. The van der Waals surface area contributed by atoms with E-state index in [2.05, 4.69) is 5.32 Å². The summed E-state index contributed by atoms with van der Waals surface area (Å²) in [6.45, 7) is 4.31. The van der Waals surface area contributed by atoms with Crippen molar-refractivity contribution in [2.45, 2.75) is 35.8 Å². The molecule has 0 aliphatic heterocycles. The van der Waals surface area contributed by atoms with Crippen molar-refractivity contribution in [1.29, 1.82) is 0 Å². The highest BCUT2D eigenvalue weighted by Gasteiger charge is 2.13. The summed E-state index contributed by atoms with van der Waals surface area (Å²) in [5, 5.41) is 12.8. The number of nitrogens with one attached hydrogen (secondary N) is 1. The number of benzene rings is 1. The minimum Gasteiger partial charge on any atom is -0.391 e. The first kappa shape index (κ1) is 17.3. The van der Waals surface area contributed by atoms with Crippen LogP contribution in [0.25, 0.3) is 0 Å². The average molecular weight is 319 g/mol. The Morgan fingerprint density at radius 2 is 1.80 bits per heavy atom. The molecule has 0 aliphatic carbocycles. The van der Waals surface area contributed by atoms with Crippen LogP contribution in [0.4, 0.5) is 0 Å². The van der Waals surface area contributed by atoms with Crippen molar-refractivity contribution in [1.82, 2.24) is 5.32 Å². The van der Waals surface area contributed by atoms with Crippen LogP contribution in [0, 0.1) is 0 Å². The molecule has 0 heterocycles. The molecule has 0 aliphatic rings. The summed E-state index contributed by atoms with van der Waals surface area (Å²) in [5.41, 5.74) is 0. The first-order chi connectivity index (χ1) is 9.20. The molecule has 1 aromatic rings. The molecule has 0 spiro atoms. The summed E-state index contributed by atoms with van der Waals surface area (Å²) < 4.78 is 34.7. The Morgan fingerprint density at radius 3 is 2.25 bits per heavy atom. The number of hydrogen-bond acceptors (Lipinski definition) is 5. The van der Waals surface area contributed by atoms with Crippen molar-refractivity contribution in [3.63, 3.8) is 0 Å². The van der Waals surface area contributed by atoms with Crippen LogP contribution in [0.1, 0.15) is 13.8 Å².